The second-order valence-electron chi connectivity index (χ2n) is 5.53. The highest BCUT2D eigenvalue weighted by Gasteiger charge is 2.35. The molecule has 2 saturated heterocycles. The molecule has 0 amide bonds. The van der Waals surface area contributed by atoms with Crippen molar-refractivity contribution in [1.29, 1.82) is 0 Å². The van der Waals surface area contributed by atoms with Crippen LogP contribution in [0.15, 0.2) is 0 Å². The van der Waals surface area contributed by atoms with Crippen LogP contribution in [0.3, 0.4) is 0 Å². The molecule has 0 saturated carbocycles. The topological polar surface area (TPSA) is 41.5 Å². The SMILES string of the molecule is CO[C@H]1C[C@@H](CN2CCCC2)N(c2nc(C)ns2)C1. The molecule has 3 heterocycles. The number of anilines is 1. The molecule has 0 N–H and O–H groups in total. The number of nitrogens with zero attached hydrogens (tertiary/aromatic N) is 4. The summed E-state index contributed by atoms with van der Waals surface area (Å²) in [4.78, 5) is 9.52. The van der Waals surface area contributed by atoms with Crippen molar-refractivity contribution in [1.82, 2.24) is 14.3 Å². The van der Waals surface area contributed by atoms with Gasteiger partial charge < -0.3 is 14.5 Å². The molecule has 106 valence electrons. The van der Waals surface area contributed by atoms with Gasteiger partial charge in [0.2, 0.25) is 5.13 Å². The lowest BCUT2D eigenvalue weighted by molar-refractivity contribution is 0.116. The molecule has 2 aliphatic rings. The van der Waals surface area contributed by atoms with E-state index in [1.54, 1.807) is 0 Å². The lowest BCUT2D eigenvalue weighted by Crippen LogP contribution is -2.39. The average Bonchev–Trinajstić information content (AvgIpc) is 3.10. The summed E-state index contributed by atoms with van der Waals surface area (Å²) in [5.41, 5.74) is 0. The molecule has 0 aliphatic carbocycles. The Hall–Kier alpha value is -0.720. The lowest BCUT2D eigenvalue weighted by Gasteiger charge is -2.27. The molecular weight excluding hydrogens is 260 g/mol. The third kappa shape index (κ3) is 2.90. The van der Waals surface area contributed by atoms with Crippen molar-refractivity contribution in [2.75, 3.05) is 38.2 Å². The van der Waals surface area contributed by atoms with Crippen LogP contribution >= 0.6 is 11.5 Å². The first kappa shape index (κ1) is 13.3. The molecule has 0 unspecified atom stereocenters. The van der Waals surface area contributed by atoms with E-state index in [1.165, 1.54) is 37.5 Å². The van der Waals surface area contributed by atoms with E-state index in [2.05, 4.69) is 19.2 Å². The smallest absolute Gasteiger partial charge is 0.205 e. The summed E-state index contributed by atoms with van der Waals surface area (Å²) in [7, 11) is 1.81. The van der Waals surface area contributed by atoms with Gasteiger partial charge in [0.05, 0.1) is 6.10 Å². The number of hydrogen-bond acceptors (Lipinski definition) is 6. The first-order valence-electron chi connectivity index (χ1n) is 7.08. The summed E-state index contributed by atoms with van der Waals surface area (Å²) < 4.78 is 9.87. The van der Waals surface area contributed by atoms with E-state index < -0.39 is 0 Å². The minimum atomic E-state index is 0.330. The van der Waals surface area contributed by atoms with Gasteiger partial charge in [0.25, 0.3) is 0 Å². The lowest BCUT2D eigenvalue weighted by atomic mass is 10.2. The number of ether oxygens (including phenoxy) is 1. The summed E-state index contributed by atoms with van der Waals surface area (Å²) in [6, 6.07) is 0.524. The number of aromatic nitrogens is 2. The molecule has 2 aliphatic heterocycles. The van der Waals surface area contributed by atoms with Crippen molar-refractivity contribution in [2.24, 2.45) is 0 Å². The van der Waals surface area contributed by atoms with Crippen LogP contribution in [0.4, 0.5) is 5.13 Å². The molecular formula is C13H22N4OS. The maximum atomic E-state index is 5.56. The number of aryl methyl sites for hydroxylation is 1. The fourth-order valence-electron chi connectivity index (χ4n) is 3.12. The van der Waals surface area contributed by atoms with Gasteiger partial charge in [-0.1, -0.05) is 0 Å². The van der Waals surface area contributed by atoms with Crippen molar-refractivity contribution in [3.8, 4) is 0 Å². The van der Waals surface area contributed by atoms with Crippen molar-refractivity contribution in [2.45, 2.75) is 38.3 Å². The van der Waals surface area contributed by atoms with Crippen LogP contribution in [-0.2, 0) is 4.74 Å². The number of hydrogen-bond donors (Lipinski definition) is 0. The zero-order chi connectivity index (χ0) is 13.2. The average molecular weight is 282 g/mol. The fourth-order valence-corrected chi connectivity index (χ4v) is 3.87. The van der Waals surface area contributed by atoms with Crippen molar-refractivity contribution >= 4 is 16.7 Å². The third-order valence-corrected chi connectivity index (χ3v) is 4.98. The van der Waals surface area contributed by atoms with E-state index >= 15 is 0 Å². The van der Waals surface area contributed by atoms with Crippen LogP contribution < -0.4 is 4.90 Å². The Bertz CT molecular complexity index is 419. The van der Waals surface area contributed by atoms with Gasteiger partial charge in [0.15, 0.2) is 0 Å². The van der Waals surface area contributed by atoms with E-state index in [0.29, 0.717) is 12.1 Å². The highest BCUT2D eigenvalue weighted by molar-refractivity contribution is 7.09. The fraction of sp³-hybridized carbons (Fsp3) is 0.846. The van der Waals surface area contributed by atoms with E-state index in [4.69, 9.17) is 4.74 Å². The molecule has 1 aromatic rings. The van der Waals surface area contributed by atoms with Crippen LogP contribution in [0.2, 0.25) is 0 Å². The first-order valence-corrected chi connectivity index (χ1v) is 7.85. The molecule has 0 radical (unpaired) electrons. The van der Waals surface area contributed by atoms with Gasteiger partial charge in [-0.05, 0) is 39.3 Å². The molecule has 5 nitrogen and oxygen atoms in total. The predicted molar refractivity (Wildman–Crippen MR) is 76.9 cm³/mol. The quantitative estimate of drug-likeness (QED) is 0.838. The highest BCUT2D eigenvalue weighted by Crippen LogP contribution is 2.29. The Morgan fingerprint density at radius 3 is 2.79 bits per heavy atom. The molecule has 3 rings (SSSR count). The van der Waals surface area contributed by atoms with Gasteiger partial charge in [-0.2, -0.15) is 4.37 Å². The predicted octanol–water partition coefficient (Wildman–Crippen LogP) is 1.54. The zero-order valence-corrected chi connectivity index (χ0v) is 12.5. The van der Waals surface area contributed by atoms with Gasteiger partial charge in [-0.15, -0.1) is 0 Å². The van der Waals surface area contributed by atoms with Crippen molar-refractivity contribution in [3.05, 3.63) is 5.82 Å². The Morgan fingerprint density at radius 1 is 1.37 bits per heavy atom. The maximum Gasteiger partial charge on any atom is 0.205 e. The minimum absolute atomic E-state index is 0.330. The van der Waals surface area contributed by atoms with Gasteiger partial charge in [-0.3, -0.25) is 0 Å². The van der Waals surface area contributed by atoms with Crippen molar-refractivity contribution in [3.63, 3.8) is 0 Å². The van der Waals surface area contributed by atoms with Gasteiger partial charge in [-0.25, -0.2) is 4.98 Å². The van der Waals surface area contributed by atoms with Gasteiger partial charge >= 0.3 is 0 Å². The Balaban J connectivity index is 1.71. The van der Waals surface area contributed by atoms with E-state index in [9.17, 15) is 0 Å². The summed E-state index contributed by atoms with van der Waals surface area (Å²) in [5.74, 6) is 0.876. The Morgan fingerprint density at radius 2 is 2.16 bits per heavy atom. The second-order valence-corrected chi connectivity index (χ2v) is 6.26. The summed E-state index contributed by atoms with van der Waals surface area (Å²) in [6.45, 7) is 6.54. The Labute approximate surface area is 118 Å². The third-order valence-electron chi connectivity index (χ3n) is 4.14. The van der Waals surface area contributed by atoms with Crippen LogP contribution in [0.5, 0.6) is 0 Å². The van der Waals surface area contributed by atoms with Crippen LogP contribution in [-0.4, -0.2) is 59.7 Å². The second kappa shape index (κ2) is 5.73. The maximum absolute atomic E-state index is 5.56. The molecule has 1 aromatic heterocycles. The van der Waals surface area contributed by atoms with Gasteiger partial charge in [0.1, 0.15) is 5.82 Å². The number of methoxy groups -OCH3 is 1. The van der Waals surface area contributed by atoms with Crippen LogP contribution in [0, 0.1) is 6.92 Å². The largest absolute Gasteiger partial charge is 0.380 e. The standard InChI is InChI=1S/C13H22N4OS/c1-10-14-13(19-15-10)17-9-12(18-2)7-11(17)8-16-5-3-4-6-16/h11-12H,3-9H2,1-2H3/t11-,12-/m0/s1. The molecule has 0 aromatic carbocycles. The highest BCUT2D eigenvalue weighted by atomic mass is 32.1. The van der Waals surface area contributed by atoms with Crippen LogP contribution in [0.25, 0.3) is 0 Å². The molecule has 0 bridgehead atoms. The number of rotatable bonds is 4. The molecule has 0 spiro atoms. The van der Waals surface area contributed by atoms with E-state index in [0.717, 1.165) is 30.5 Å². The molecule has 2 fully saturated rings. The molecule has 2 atom stereocenters. The normalized spacial score (nSPS) is 28.4. The van der Waals surface area contributed by atoms with E-state index in [-0.39, 0.29) is 0 Å². The summed E-state index contributed by atoms with van der Waals surface area (Å²) >= 11 is 1.51. The zero-order valence-electron chi connectivity index (χ0n) is 11.7. The van der Waals surface area contributed by atoms with Crippen LogP contribution in [0.1, 0.15) is 25.1 Å². The Kier molecular flexibility index (Phi) is 4.00. The van der Waals surface area contributed by atoms with Gasteiger partial charge in [0, 0.05) is 37.8 Å². The summed E-state index contributed by atoms with van der Waals surface area (Å²) in [6.07, 6.45) is 4.12. The number of likely N-dealkylation sites (tertiary alicyclic amines) is 1. The first-order chi connectivity index (χ1) is 9.26. The monoisotopic (exact) mass is 282 g/mol. The van der Waals surface area contributed by atoms with Crippen molar-refractivity contribution < 1.29 is 4.74 Å². The molecule has 19 heavy (non-hydrogen) atoms. The molecule has 6 heteroatoms. The summed E-state index contributed by atoms with van der Waals surface area (Å²) in [5, 5.41) is 1.06. The minimum Gasteiger partial charge on any atom is -0.380 e. The van der Waals surface area contributed by atoms with E-state index in [1.807, 2.05) is 14.0 Å².